The lowest BCUT2D eigenvalue weighted by molar-refractivity contribution is 0.451. The molecule has 4 rings (SSSR count). The van der Waals surface area contributed by atoms with Gasteiger partial charge in [-0.25, -0.2) is 9.67 Å². The fraction of sp³-hybridized carbons (Fsp3) is 0.526. The lowest BCUT2D eigenvalue weighted by Crippen LogP contribution is -2.45. The Kier molecular flexibility index (Phi) is 4.97. The molecule has 0 radical (unpaired) electrons. The minimum absolute atomic E-state index is 0.0363. The Bertz CT molecular complexity index is 1020. The van der Waals surface area contributed by atoms with Crippen molar-refractivity contribution < 1.29 is 0 Å². The maximum atomic E-state index is 12.1. The second kappa shape index (κ2) is 7.57. The Hall–Kier alpha value is -2.97. The molecule has 0 bridgehead atoms. The third-order valence-corrected chi connectivity index (χ3v) is 5.12. The molecule has 1 atom stereocenters. The van der Waals surface area contributed by atoms with Gasteiger partial charge in [-0.2, -0.15) is 19.7 Å². The van der Waals surface area contributed by atoms with E-state index in [4.69, 9.17) is 0 Å². The fourth-order valence-electron chi connectivity index (χ4n) is 3.73. The number of piperidine rings is 1. The van der Waals surface area contributed by atoms with Crippen molar-refractivity contribution in [3.05, 3.63) is 40.6 Å². The van der Waals surface area contributed by atoms with Gasteiger partial charge in [-0.05, 0) is 46.1 Å². The number of anilines is 2. The highest BCUT2D eigenvalue weighted by molar-refractivity contribution is 5.46. The predicted octanol–water partition coefficient (Wildman–Crippen LogP) is 2.04. The van der Waals surface area contributed by atoms with Crippen LogP contribution in [0.3, 0.4) is 0 Å². The summed E-state index contributed by atoms with van der Waals surface area (Å²) >= 11 is 0. The highest BCUT2D eigenvalue weighted by Crippen LogP contribution is 2.23. The normalized spacial score (nSPS) is 17.4. The Morgan fingerprint density at radius 3 is 2.96 bits per heavy atom. The summed E-state index contributed by atoms with van der Waals surface area (Å²) in [6, 6.07) is 5.75. The summed E-state index contributed by atoms with van der Waals surface area (Å²) in [5, 5.41) is 12.4. The van der Waals surface area contributed by atoms with E-state index < -0.39 is 0 Å². The molecule has 28 heavy (non-hydrogen) atoms. The third kappa shape index (κ3) is 3.56. The van der Waals surface area contributed by atoms with Gasteiger partial charge in [-0.3, -0.25) is 4.79 Å². The van der Waals surface area contributed by atoms with E-state index in [0.29, 0.717) is 5.78 Å². The topological polar surface area (TPSA) is 93.2 Å². The molecule has 9 nitrogen and oxygen atoms in total. The maximum absolute atomic E-state index is 12.1. The van der Waals surface area contributed by atoms with Crippen molar-refractivity contribution >= 4 is 17.4 Å². The molecule has 4 heterocycles. The van der Waals surface area contributed by atoms with Gasteiger partial charge in [0, 0.05) is 37.0 Å². The van der Waals surface area contributed by atoms with E-state index >= 15 is 0 Å². The second-order valence-corrected chi connectivity index (χ2v) is 7.55. The van der Waals surface area contributed by atoms with Crippen molar-refractivity contribution in [1.82, 2.24) is 29.4 Å². The van der Waals surface area contributed by atoms with Crippen LogP contribution in [-0.2, 0) is 0 Å². The van der Waals surface area contributed by atoms with Crippen LogP contribution < -0.4 is 15.8 Å². The number of aromatic nitrogens is 6. The Labute approximate surface area is 163 Å². The molecule has 0 aliphatic carbocycles. The van der Waals surface area contributed by atoms with E-state index in [1.54, 1.807) is 15.3 Å². The van der Waals surface area contributed by atoms with Crippen molar-refractivity contribution in [2.75, 3.05) is 23.3 Å². The summed E-state index contributed by atoms with van der Waals surface area (Å²) in [6.07, 6.45) is 4.89. The summed E-state index contributed by atoms with van der Waals surface area (Å²) in [5.74, 6) is 2.33. The van der Waals surface area contributed by atoms with Crippen LogP contribution in [0.25, 0.3) is 5.78 Å². The summed E-state index contributed by atoms with van der Waals surface area (Å²) in [7, 11) is 0. The monoisotopic (exact) mass is 382 g/mol. The van der Waals surface area contributed by atoms with Crippen molar-refractivity contribution in [3.8, 4) is 0 Å². The van der Waals surface area contributed by atoms with Crippen molar-refractivity contribution in [2.45, 2.75) is 52.1 Å². The van der Waals surface area contributed by atoms with E-state index in [-0.39, 0.29) is 17.6 Å². The number of hydrogen-bond acceptors (Lipinski definition) is 7. The molecule has 1 aliphatic heterocycles. The van der Waals surface area contributed by atoms with Crippen molar-refractivity contribution in [1.29, 1.82) is 0 Å². The molecule has 0 amide bonds. The first-order valence-corrected chi connectivity index (χ1v) is 9.80. The maximum Gasteiger partial charge on any atom is 0.267 e. The summed E-state index contributed by atoms with van der Waals surface area (Å²) in [4.78, 5) is 22.9. The van der Waals surface area contributed by atoms with Gasteiger partial charge < -0.3 is 10.2 Å². The molecule has 1 aliphatic rings. The minimum Gasteiger partial charge on any atom is -0.368 e. The SMILES string of the molecule is Cc1cc(NCC2CCCCN2c2ccc(=O)n(C(C)C)n2)n2ncnc2n1. The van der Waals surface area contributed by atoms with Crippen LogP contribution in [-0.4, -0.2) is 48.5 Å². The number of fused-ring (bicyclic) bond motifs is 1. The zero-order valence-electron chi connectivity index (χ0n) is 16.5. The average molecular weight is 382 g/mol. The van der Waals surface area contributed by atoms with E-state index in [9.17, 15) is 4.79 Å². The lowest BCUT2D eigenvalue weighted by Gasteiger charge is -2.37. The highest BCUT2D eigenvalue weighted by atomic mass is 16.1. The number of rotatable bonds is 5. The first kappa shape index (κ1) is 18.4. The molecule has 1 unspecified atom stereocenters. The van der Waals surface area contributed by atoms with Crippen LogP contribution >= 0.6 is 0 Å². The molecule has 1 saturated heterocycles. The van der Waals surface area contributed by atoms with Gasteiger partial charge in [-0.1, -0.05) is 0 Å². The number of nitrogens with one attached hydrogen (secondary N) is 1. The highest BCUT2D eigenvalue weighted by Gasteiger charge is 2.24. The Morgan fingerprint density at radius 1 is 1.29 bits per heavy atom. The first-order valence-electron chi connectivity index (χ1n) is 9.80. The minimum atomic E-state index is -0.0636. The average Bonchev–Trinajstić information content (AvgIpc) is 3.15. The summed E-state index contributed by atoms with van der Waals surface area (Å²) < 4.78 is 3.27. The lowest BCUT2D eigenvalue weighted by atomic mass is 10.0. The quantitative estimate of drug-likeness (QED) is 0.722. The molecule has 0 saturated carbocycles. The Balaban J connectivity index is 1.57. The van der Waals surface area contributed by atoms with Crippen LogP contribution in [0, 0.1) is 6.92 Å². The van der Waals surface area contributed by atoms with E-state index in [1.807, 2.05) is 32.9 Å². The molecule has 1 fully saturated rings. The van der Waals surface area contributed by atoms with Crippen molar-refractivity contribution in [3.63, 3.8) is 0 Å². The van der Waals surface area contributed by atoms with Crippen LogP contribution in [0.15, 0.2) is 29.3 Å². The van der Waals surface area contributed by atoms with Crippen LogP contribution in [0.2, 0.25) is 0 Å². The number of nitrogens with zero attached hydrogens (tertiary/aromatic N) is 7. The van der Waals surface area contributed by atoms with Crippen molar-refractivity contribution in [2.24, 2.45) is 0 Å². The zero-order valence-corrected chi connectivity index (χ0v) is 16.5. The smallest absolute Gasteiger partial charge is 0.267 e. The molecule has 1 N–H and O–H groups in total. The summed E-state index contributed by atoms with van der Waals surface area (Å²) in [5.41, 5.74) is 0.834. The van der Waals surface area contributed by atoms with Crippen LogP contribution in [0.1, 0.15) is 44.8 Å². The van der Waals surface area contributed by atoms with Crippen LogP contribution in [0.4, 0.5) is 11.6 Å². The molecule has 9 heteroatoms. The number of aryl methyl sites for hydroxylation is 1. The molecule has 0 spiro atoms. The van der Waals surface area contributed by atoms with Gasteiger partial charge in [0.05, 0.1) is 6.04 Å². The molecular weight excluding hydrogens is 356 g/mol. The van der Waals surface area contributed by atoms with Gasteiger partial charge in [0.25, 0.3) is 11.3 Å². The Morgan fingerprint density at radius 2 is 2.14 bits per heavy atom. The fourth-order valence-corrected chi connectivity index (χ4v) is 3.73. The van der Waals surface area contributed by atoms with Gasteiger partial charge >= 0.3 is 0 Å². The number of hydrogen-bond donors (Lipinski definition) is 1. The predicted molar refractivity (Wildman–Crippen MR) is 108 cm³/mol. The molecule has 148 valence electrons. The van der Waals surface area contributed by atoms with Gasteiger partial charge in [-0.15, -0.1) is 0 Å². The van der Waals surface area contributed by atoms with Gasteiger partial charge in [0.1, 0.15) is 18.0 Å². The standard InChI is InChI=1S/C19H26N8O/c1-13(2)26-18(28)8-7-16(24-26)25-9-5-4-6-15(25)11-20-17-10-14(3)23-19-21-12-22-27(17)19/h7-8,10,12-13,15,20H,4-6,9,11H2,1-3H3. The van der Waals surface area contributed by atoms with E-state index in [0.717, 1.165) is 43.3 Å². The molecule has 3 aromatic rings. The molecular formula is C19H26N8O. The molecule has 0 aromatic carbocycles. The zero-order chi connectivity index (χ0) is 19.7. The second-order valence-electron chi connectivity index (χ2n) is 7.55. The van der Waals surface area contributed by atoms with E-state index in [1.165, 1.54) is 12.7 Å². The van der Waals surface area contributed by atoms with Gasteiger partial charge in [0.2, 0.25) is 0 Å². The summed E-state index contributed by atoms with van der Waals surface area (Å²) in [6.45, 7) is 7.58. The van der Waals surface area contributed by atoms with Crippen LogP contribution in [0.5, 0.6) is 0 Å². The first-order chi connectivity index (χ1) is 13.5. The van der Waals surface area contributed by atoms with Gasteiger partial charge in [0.15, 0.2) is 0 Å². The van der Waals surface area contributed by atoms with E-state index in [2.05, 4.69) is 30.4 Å². The largest absolute Gasteiger partial charge is 0.368 e. The molecule has 3 aromatic heterocycles. The third-order valence-electron chi connectivity index (χ3n) is 5.12.